The summed E-state index contributed by atoms with van der Waals surface area (Å²) in [5.74, 6) is -1.04. The quantitative estimate of drug-likeness (QED) is 0.845. The number of urea groups is 1. The molecule has 0 unspecified atom stereocenters. The molecule has 2 rings (SSSR count). The van der Waals surface area contributed by atoms with Crippen LogP contribution in [-0.4, -0.2) is 47.8 Å². The first-order valence-corrected chi connectivity index (χ1v) is 6.67. The molecule has 1 aliphatic heterocycles. The molecule has 9 heteroatoms. The third kappa shape index (κ3) is 3.99. The minimum atomic E-state index is -4.41. The molecule has 1 fully saturated rings. The number of hydrogen-bond acceptors (Lipinski definition) is 3. The highest BCUT2D eigenvalue weighted by Crippen LogP contribution is 2.29. The largest absolute Gasteiger partial charge is 0.416 e. The van der Waals surface area contributed by atoms with Gasteiger partial charge in [-0.25, -0.2) is 4.79 Å². The van der Waals surface area contributed by atoms with E-state index in [0.717, 1.165) is 17.0 Å². The predicted octanol–water partition coefficient (Wildman–Crippen LogP) is 1.22. The van der Waals surface area contributed by atoms with Crippen LogP contribution in [0.3, 0.4) is 0 Å². The molecule has 0 radical (unpaired) electrons. The lowest BCUT2D eigenvalue weighted by Gasteiger charge is -2.14. The second kappa shape index (κ2) is 6.27. The number of nitrogens with zero attached hydrogens (tertiary/aromatic N) is 2. The van der Waals surface area contributed by atoms with Gasteiger partial charge in [-0.1, -0.05) is 12.1 Å². The number of alkyl halides is 3. The SMILES string of the molecule is CN1CC(=O)N(CC(=O)NCc2ccc(C(F)(F)F)cc2)C1=O. The van der Waals surface area contributed by atoms with Gasteiger partial charge in [0.2, 0.25) is 5.91 Å². The number of benzene rings is 1. The van der Waals surface area contributed by atoms with Crippen molar-refractivity contribution in [3.63, 3.8) is 0 Å². The molecule has 1 aromatic carbocycles. The summed E-state index contributed by atoms with van der Waals surface area (Å²) in [4.78, 5) is 36.9. The van der Waals surface area contributed by atoms with E-state index in [1.54, 1.807) is 0 Å². The molecule has 124 valence electrons. The number of rotatable bonds is 4. The van der Waals surface area contributed by atoms with E-state index in [9.17, 15) is 27.6 Å². The Bertz CT molecular complexity index is 628. The van der Waals surface area contributed by atoms with Gasteiger partial charge in [0.15, 0.2) is 0 Å². The summed E-state index contributed by atoms with van der Waals surface area (Å²) >= 11 is 0. The van der Waals surface area contributed by atoms with E-state index >= 15 is 0 Å². The Kier molecular flexibility index (Phi) is 4.57. The molecule has 0 spiro atoms. The fraction of sp³-hybridized carbons (Fsp3) is 0.357. The average Bonchev–Trinajstić information content (AvgIpc) is 2.71. The second-order valence-corrected chi connectivity index (χ2v) is 5.09. The van der Waals surface area contributed by atoms with Crippen molar-refractivity contribution in [2.24, 2.45) is 0 Å². The molecule has 1 aliphatic rings. The number of nitrogens with one attached hydrogen (secondary N) is 1. The van der Waals surface area contributed by atoms with E-state index in [4.69, 9.17) is 0 Å². The normalized spacial score (nSPS) is 15.3. The Morgan fingerprint density at radius 2 is 1.83 bits per heavy atom. The second-order valence-electron chi connectivity index (χ2n) is 5.09. The van der Waals surface area contributed by atoms with Crippen molar-refractivity contribution < 1.29 is 27.6 Å². The zero-order valence-corrected chi connectivity index (χ0v) is 12.2. The summed E-state index contributed by atoms with van der Waals surface area (Å²) in [5.41, 5.74) is -0.300. The minimum absolute atomic E-state index is 0.00301. The van der Waals surface area contributed by atoms with Crippen LogP contribution >= 0.6 is 0 Å². The Balaban J connectivity index is 1.87. The first-order chi connectivity index (χ1) is 10.7. The van der Waals surface area contributed by atoms with Gasteiger partial charge < -0.3 is 10.2 Å². The molecule has 4 amide bonds. The maximum Gasteiger partial charge on any atom is 0.416 e. The topological polar surface area (TPSA) is 69.7 Å². The maximum absolute atomic E-state index is 12.4. The summed E-state index contributed by atoms with van der Waals surface area (Å²) < 4.78 is 37.3. The number of imide groups is 1. The lowest BCUT2D eigenvalue weighted by molar-refractivity contribution is -0.137. The van der Waals surface area contributed by atoms with Gasteiger partial charge in [0, 0.05) is 13.6 Å². The summed E-state index contributed by atoms with van der Waals surface area (Å²) in [5, 5.41) is 2.46. The average molecular weight is 329 g/mol. The number of halogens is 3. The lowest BCUT2D eigenvalue weighted by atomic mass is 10.1. The van der Waals surface area contributed by atoms with E-state index in [1.165, 1.54) is 24.1 Å². The van der Waals surface area contributed by atoms with Gasteiger partial charge in [-0.3, -0.25) is 14.5 Å². The van der Waals surface area contributed by atoms with Crippen LogP contribution in [0.2, 0.25) is 0 Å². The lowest BCUT2D eigenvalue weighted by Crippen LogP contribution is -2.40. The van der Waals surface area contributed by atoms with Crippen LogP contribution < -0.4 is 5.32 Å². The molecular weight excluding hydrogens is 315 g/mol. The van der Waals surface area contributed by atoms with Gasteiger partial charge in [0.1, 0.15) is 13.1 Å². The molecular formula is C14H14F3N3O3. The van der Waals surface area contributed by atoms with Crippen molar-refractivity contribution in [3.8, 4) is 0 Å². The standard InChI is InChI=1S/C14H14F3N3O3/c1-19-8-12(22)20(13(19)23)7-11(21)18-6-9-2-4-10(5-3-9)14(15,16)17/h2-5H,6-8H2,1H3,(H,18,21). The van der Waals surface area contributed by atoms with Gasteiger partial charge in [-0.05, 0) is 17.7 Å². The van der Waals surface area contributed by atoms with Crippen LogP contribution in [0, 0.1) is 0 Å². The predicted molar refractivity (Wildman–Crippen MR) is 73.0 cm³/mol. The molecule has 0 aliphatic carbocycles. The molecule has 1 saturated heterocycles. The monoisotopic (exact) mass is 329 g/mol. The fourth-order valence-electron chi connectivity index (χ4n) is 2.04. The third-order valence-corrected chi connectivity index (χ3v) is 3.30. The van der Waals surface area contributed by atoms with Crippen LogP contribution in [0.25, 0.3) is 0 Å². The van der Waals surface area contributed by atoms with Crippen molar-refractivity contribution in [1.82, 2.24) is 15.1 Å². The van der Waals surface area contributed by atoms with Crippen LogP contribution in [-0.2, 0) is 22.3 Å². The highest BCUT2D eigenvalue weighted by molar-refractivity contribution is 6.04. The molecule has 1 N–H and O–H groups in total. The summed E-state index contributed by atoms with van der Waals surface area (Å²) in [7, 11) is 1.44. The van der Waals surface area contributed by atoms with Crippen LogP contribution in [0.15, 0.2) is 24.3 Å². The molecule has 0 aromatic heterocycles. The Labute approximate surface area is 129 Å². The van der Waals surface area contributed by atoms with E-state index in [0.29, 0.717) is 5.56 Å². The molecule has 23 heavy (non-hydrogen) atoms. The van der Waals surface area contributed by atoms with Crippen molar-refractivity contribution >= 4 is 17.8 Å². The first kappa shape index (κ1) is 16.8. The molecule has 0 atom stereocenters. The minimum Gasteiger partial charge on any atom is -0.350 e. The Hall–Kier alpha value is -2.58. The van der Waals surface area contributed by atoms with Gasteiger partial charge >= 0.3 is 12.2 Å². The van der Waals surface area contributed by atoms with E-state index < -0.39 is 36.1 Å². The van der Waals surface area contributed by atoms with Gasteiger partial charge in [0.05, 0.1) is 5.56 Å². The van der Waals surface area contributed by atoms with Crippen molar-refractivity contribution in [2.45, 2.75) is 12.7 Å². The van der Waals surface area contributed by atoms with Crippen LogP contribution in [0.5, 0.6) is 0 Å². The molecule has 1 aromatic rings. The zero-order chi connectivity index (χ0) is 17.2. The van der Waals surface area contributed by atoms with Crippen molar-refractivity contribution in [3.05, 3.63) is 35.4 Å². The van der Waals surface area contributed by atoms with Crippen LogP contribution in [0.1, 0.15) is 11.1 Å². The number of carbonyl (C=O) groups excluding carboxylic acids is 3. The maximum atomic E-state index is 12.4. The number of likely N-dealkylation sites (N-methyl/N-ethyl adjacent to an activating group) is 1. The number of carbonyl (C=O) groups is 3. The zero-order valence-electron chi connectivity index (χ0n) is 12.2. The number of hydrogen-bond donors (Lipinski definition) is 1. The third-order valence-electron chi connectivity index (χ3n) is 3.30. The summed E-state index contributed by atoms with van der Waals surface area (Å²) in [6.07, 6.45) is -4.41. The highest BCUT2D eigenvalue weighted by Gasteiger charge is 2.34. The summed E-state index contributed by atoms with van der Waals surface area (Å²) in [6, 6.07) is 3.79. The highest BCUT2D eigenvalue weighted by atomic mass is 19.4. The van der Waals surface area contributed by atoms with Crippen molar-refractivity contribution in [1.29, 1.82) is 0 Å². The van der Waals surface area contributed by atoms with Gasteiger partial charge in [-0.2, -0.15) is 13.2 Å². The Morgan fingerprint density at radius 1 is 1.22 bits per heavy atom. The van der Waals surface area contributed by atoms with E-state index in [-0.39, 0.29) is 13.1 Å². The summed E-state index contributed by atoms with van der Waals surface area (Å²) in [6.45, 7) is -0.489. The van der Waals surface area contributed by atoms with Gasteiger partial charge in [0.25, 0.3) is 5.91 Å². The molecule has 0 bridgehead atoms. The Morgan fingerprint density at radius 3 is 2.30 bits per heavy atom. The van der Waals surface area contributed by atoms with Crippen molar-refractivity contribution in [2.75, 3.05) is 20.1 Å². The smallest absolute Gasteiger partial charge is 0.350 e. The molecule has 0 saturated carbocycles. The first-order valence-electron chi connectivity index (χ1n) is 6.67. The van der Waals surface area contributed by atoms with E-state index in [1.807, 2.05) is 0 Å². The van der Waals surface area contributed by atoms with E-state index in [2.05, 4.69) is 5.32 Å². The van der Waals surface area contributed by atoms with Crippen LogP contribution in [0.4, 0.5) is 18.0 Å². The molecule has 1 heterocycles. The van der Waals surface area contributed by atoms with Gasteiger partial charge in [-0.15, -0.1) is 0 Å². The number of amides is 4. The molecule has 6 nitrogen and oxygen atoms in total. The fourth-order valence-corrected chi connectivity index (χ4v) is 2.04.